The predicted octanol–water partition coefficient (Wildman–Crippen LogP) is 11.6. The molecule has 0 N–H and O–H groups in total. The summed E-state index contributed by atoms with van der Waals surface area (Å²) in [6.07, 6.45) is 4.53. The average Bonchev–Trinajstić information content (AvgIpc) is 3.51. The molecule has 0 radical (unpaired) electrons. The molecule has 0 atom stereocenters. The molecule has 2 nitrogen and oxygen atoms in total. The van der Waals surface area contributed by atoms with Gasteiger partial charge in [-0.1, -0.05) is 109 Å². The van der Waals surface area contributed by atoms with E-state index in [4.69, 9.17) is 4.42 Å². The first-order valence-electron chi connectivity index (χ1n) is 14.6. The quantitative estimate of drug-likeness (QED) is 0.198. The van der Waals surface area contributed by atoms with Crippen LogP contribution in [0.1, 0.15) is 37.8 Å². The van der Waals surface area contributed by atoms with E-state index in [1.165, 1.54) is 39.1 Å². The lowest BCUT2D eigenvalue weighted by molar-refractivity contribution is 0.606. The van der Waals surface area contributed by atoms with Gasteiger partial charge >= 0.3 is 0 Å². The summed E-state index contributed by atoms with van der Waals surface area (Å²) in [6.45, 7) is 4.77. The molecule has 0 saturated carbocycles. The molecule has 0 fully saturated rings. The number of nitrogens with zero attached hydrogens (tertiary/aromatic N) is 1. The lowest BCUT2D eigenvalue weighted by Crippen LogP contribution is -2.22. The van der Waals surface area contributed by atoms with Gasteiger partial charge in [-0.3, -0.25) is 0 Å². The Labute approximate surface area is 254 Å². The van der Waals surface area contributed by atoms with Gasteiger partial charge in [0.2, 0.25) is 0 Å². The predicted molar refractivity (Wildman–Crippen MR) is 179 cm³/mol. The van der Waals surface area contributed by atoms with Crippen LogP contribution in [0, 0.1) is 0 Å². The standard InChI is InChI=1S/C39H30BrNO/c1-39(2)31-13-7-6-12-29(31)37-32(39)14-8-16-34(37)41(27-20-18-26(19-21-27)25-10-4-3-5-11-25)28-22-23-30-36(24-28)42-35-17-9-15-33(40)38(30)35/h3-7,9-13,15-24H,8,14H2,1-2H3. The van der Waals surface area contributed by atoms with Crippen molar-refractivity contribution in [2.75, 3.05) is 4.90 Å². The number of hydrogen-bond donors (Lipinski definition) is 0. The third kappa shape index (κ3) is 3.84. The zero-order valence-electron chi connectivity index (χ0n) is 23.7. The number of benzene rings is 5. The maximum absolute atomic E-state index is 6.41. The fourth-order valence-corrected chi connectivity index (χ4v) is 7.60. The zero-order valence-corrected chi connectivity index (χ0v) is 25.3. The smallest absolute Gasteiger partial charge is 0.137 e. The summed E-state index contributed by atoms with van der Waals surface area (Å²) < 4.78 is 7.46. The summed E-state index contributed by atoms with van der Waals surface area (Å²) in [5.41, 5.74) is 13.4. The van der Waals surface area contributed by atoms with E-state index in [1.807, 2.05) is 12.1 Å². The fraction of sp³-hybridized carbons (Fsp3) is 0.128. The molecule has 204 valence electrons. The minimum atomic E-state index is 0.00321. The van der Waals surface area contributed by atoms with E-state index < -0.39 is 0 Å². The van der Waals surface area contributed by atoms with E-state index in [2.05, 4.69) is 144 Å². The molecule has 0 amide bonds. The summed E-state index contributed by atoms with van der Waals surface area (Å²) in [5.74, 6) is 0. The molecular formula is C39H30BrNO. The molecule has 6 aromatic rings. The van der Waals surface area contributed by atoms with Crippen molar-refractivity contribution in [1.82, 2.24) is 0 Å². The maximum atomic E-state index is 6.41. The van der Waals surface area contributed by atoms with Crippen LogP contribution in [0.2, 0.25) is 0 Å². The van der Waals surface area contributed by atoms with Gasteiger partial charge in [-0.05, 0) is 77.1 Å². The number of anilines is 2. The van der Waals surface area contributed by atoms with E-state index in [0.717, 1.165) is 50.6 Å². The largest absolute Gasteiger partial charge is 0.456 e. The van der Waals surface area contributed by atoms with Crippen molar-refractivity contribution in [3.63, 3.8) is 0 Å². The van der Waals surface area contributed by atoms with Crippen molar-refractivity contribution in [3.05, 3.63) is 148 Å². The Morgan fingerprint density at radius 3 is 2.29 bits per heavy atom. The van der Waals surface area contributed by atoms with Crippen LogP contribution in [0.4, 0.5) is 11.4 Å². The van der Waals surface area contributed by atoms with E-state index >= 15 is 0 Å². The van der Waals surface area contributed by atoms with Crippen LogP contribution in [0.5, 0.6) is 0 Å². The first-order chi connectivity index (χ1) is 20.5. The van der Waals surface area contributed by atoms with E-state index in [-0.39, 0.29) is 5.41 Å². The Morgan fingerprint density at radius 1 is 0.714 bits per heavy atom. The lowest BCUT2D eigenvalue weighted by atomic mass is 9.78. The van der Waals surface area contributed by atoms with E-state index in [1.54, 1.807) is 0 Å². The van der Waals surface area contributed by atoms with E-state index in [9.17, 15) is 0 Å². The van der Waals surface area contributed by atoms with Gasteiger partial charge in [0.25, 0.3) is 0 Å². The highest BCUT2D eigenvalue weighted by atomic mass is 79.9. The van der Waals surface area contributed by atoms with Gasteiger partial charge in [0.15, 0.2) is 0 Å². The van der Waals surface area contributed by atoms with Gasteiger partial charge in [-0.25, -0.2) is 0 Å². The second-order valence-electron chi connectivity index (χ2n) is 11.8. The van der Waals surface area contributed by atoms with Crippen LogP contribution >= 0.6 is 15.9 Å². The maximum Gasteiger partial charge on any atom is 0.137 e. The summed E-state index contributed by atoms with van der Waals surface area (Å²) in [5, 5.41) is 2.23. The molecular weight excluding hydrogens is 578 g/mol. The van der Waals surface area contributed by atoms with Gasteiger partial charge in [-0.2, -0.15) is 0 Å². The molecule has 0 aliphatic heterocycles. The van der Waals surface area contributed by atoms with Crippen molar-refractivity contribution in [2.45, 2.75) is 32.1 Å². The summed E-state index contributed by atoms with van der Waals surface area (Å²) in [4.78, 5) is 2.43. The Hall–Kier alpha value is -4.34. The van der Waals surface area contributed by atoms with Crippen LogP contribution in [0.15, 0.2) is 141 Å². The molecule has 1 heterocycles. The Bertz CT molecular complexity index is 2060. The molecule has 0 bridgehead atoms. The normalized spacial score (nSPS) is 15.5. The summed E-state index contributed by atoms with van der Waals surface area (Å²) in [7, 11) is 0. The lowest BCUT2D eigenvalue weighted by Gasteiger charge is -2.33. The summed E-state index contributed by atoms with van der Waals surface area (Å²) in [6, 6.07) is 41.3. The third-order valence-electron chi connectivity index (χ3n) is 9.08. The Balaban J connectivity index is 1.33. The zero-order chi connectivity index (χ0) is 28.4. The topological polar surface area (TPSA) is 16.4 Å². The van der Waals surface area contributed by atoms with Gasteiger partial charge in [0, 0.05) is 49.4 Å². The van der Waals surface area contributed by atoms with Gasteiger partial charge in [-0.15, -0.1) is 0 Å². The molecule has 8 rings (SSSR count). The first-order valence-corrected chi connectivity index (χ1v) is 15.4. The Kier molecular flexibility index (Phi) is 5.80. The number of allylic oxidation sites excluding steroid dienone is 3. The molecule has 1 aromatic heterocycles. The average molecular weight is 609 g/mol. The molecule has 5 aromatic carbocycles. The van der Waals surface area contributed by atoms with Crippen molar-refractivity contribution in [3.8, 4) is 11.1 Å². The van der Waals surface area contributed by atoms with Crippen molar-refractivity contribution < 1.29 is 4.42 Å². The third-order valence-corrected chi connectivity index (χ3v) is 9.74. The van der Waals surface area contributed by atoms with E-state index in [0.29, 0.717) is 0 Å². The molecule has 0 spiro atoms. The molecule has 0 saturated heterocycles. The number of hydrogen-bond acceptors (Lipinski definition) is 2. The van der Waals surface area contributed by atoms with Gasteiger partial charge in [0.1, 0.15) is 11.2 Å². The Morgan fingerprint density at radius 2 is 1.45 bits per heavy atom. The van der Waals surface area contributed by atoms with Crippen LogP contribution in [-0.4, -0.2) is 0 Å². The van der Waals surface area contributed by atoms with Crippen molar-refractivity contribution in [2.24, 2.45) is 0 Å². The van der Waals surface area contributed by atoms with Crippen molar-refractivity contribution >= 4 is 54.8 Å². The number of rotatable bonds is 4. The van der Waals surface area contributed by atoms with Crippen LogP contribution < -0.4 is 4.90 Å². The van der Waals surface area contributed by atoms with Gasteiger partial charge < -0.3 is 9.32 Å². The highest BCUT2D eigenvalue weighted by Gasteiger charge is 2.40. The minimum Gasteiger partial charge on any atom is -0.456 e. The second-order valence-corrected chi connectivity index (χ2v) is 12.7. The minimum absolute atomic E-state index is 0.00321. The second kappa shape index (κ2) is 9.61. The monoisotopic (exact) mass is 607 g/mol. The number of furan rings is 1. The molecule has 3 heteroatoms. The summed E-state index contributed by atoms with van der Waals surface area (Å²) >= 11 is 3.74. The molecule has 2 aliphatic carbocycles. The van der Waals surface area contributed by atoms with Crippen LogP contribution in [-0.2, 0) is 5.41 Å². The number of halogens is 1. The van der Waals surface area contributed by atoms with Crippen molar-refractivity contribution in [1.29, 1.82) is 0 Å². The number of fused-ring (bicyclic) bond motifs is 5. The SMILES string of the molecule is CC1(C)C2=C(C(N(c3ccc(-c4ccccc4)cc3)c3ccc4c(c3)oc3cccc(Br)c34)=CCC2)c2ccccc21. The molecule has 42 heavy (non-hydrogen) atoms. The highest BCUT2D eigenvalue weighted by molar-refractivity contribution is 9.10. The van der Waals surface area contributed by atoms with Crippen LogP contribution in [0.25, 0.3) is 38.6 Å². The van der Waals surface area contributed by atoms with Gasteiger partial charge in [0.05, 0.1) is 0 Å². The molecule has 0 unspecified atom stereocenters. The van der Waals surface area contributed by atoms with Crippen LogP contribution in [0.3, 0.4) is 0 Å². The highest BCUT2D eigenvalue weighted by Crippen LogP contribution is 2.54. The fourth-order valence-electron chi connectivity index (χ4n) is 7.04. The first kappa shape index (κ1) is 25.4. The molecule has 2 aliphatic rings.